The molecule has 2 aliphatic heterocycles. The maximum absolute atomic E-state index is 12.3. The summed E-state index contributed by atoms with van der Waals surface area (Å²) < 4.78 is 30.9. The van der Waals surface area contributed by atoms with Gasteiger partial charge in [-0.25, -0.2) is 22.7 Å². The molecule has 1 atom stereocenters. The fourth-order valence-electron chi connectivity index (χ4n) is 3.97. The number of piperidine rings is 1. The van der Waals surface area contributed by atoms with Crippen LogP contribution in [0.5, 0.6) is 0 Å². The lowest BCUT2D eigenvalue weighted by molar-refractivity contribution is -0.128. The summed E-state index contributed by atoms with van der Waals surface area (Å²) in [5.41, 5.74) is 0.872. The number of hydrogen-bond acceptors (Lipinski definition) is 7. The van der Waals surface area contributed by atoms with E-state index in [1.54, 1.807) is 18.3 Å². The molecule has 10 heteroatoms. The molecule has 0 bridgehead atoms. The van der Waals surface area contributed by atoms with Crippen molar-refractivity contribution in [2.45, 2.75) is 38.0 Å². The molecular weight excluding hydrogens is 394 g/mol. The standard InChI is InChI=1S/C19H31N5O4S/c1-4-29(26,27)24-7-5-14(6-8-24)19-21-16(12-17(20-2)22-19)15-11-18(25)23(13-15)9-10-28-3/h12,14-15H,4-11,13H2,1-3H3,(H,20,21,22)/t15-/m1/s1. The third-order valence-corrected chi connectivity index (χ3v) is 7.68. The Labute approximate surface area is 172 Å². The zero-order valence-corrected chi connectivity index (χ0v) is 18.2. The number of anilines is 1. The molecule has 1 amide bonds. The fourth-order valence-corrected chi connectivity index (χ4v) is 5.10. The van der Waals surface area contributed by atoms with Gasteiger partial charge in [0.1, 0.15) is 11.6 Å². The minimum Gasteiger partial charge on any atom is -0.383 e. The summed E-state index contributed by atoms with van der Waals surface area (Å²) in [4.78, 5) is 23.6. The van der Waals surface area contributed by atoms with Crippen molar-refractivity contribution in [2.24, 2.45) is 0 Å². The molecule has 1 N–H and O–H groups in total. The van der Waals surface area contributed by atoms with Crippen LogP contribution in [0.3, 0.4) is 0 Å². The lowest BCUT2D eigenvalue weighted by Gasteiger charge is -2.30. The number of aromatic nitrogens is 2. The Morgan fingerprint density at radius 3 is 2.59 bits per heavy atom. The molecule has 29 heavy (non-hydrogen) atoms. The van der Waals surface area contributed by atoms with Gasteiger partial charge in [-0.15, -0.1) is 0 Å². The van der Waals surface area contributed by atoms with E-state index in [-0.39, 0.29) is 23.5 Å². The van der Waals surface area contributed by atoms with Crippen LogP contribution in [-0.4, -0.2) is 86.2 Å². The van der Waals surface area contributed by atoms with Crippen LogP contribution in [0.25, 0.3) is 0 Å². The quantitative estimate of drug-likeness (QED) is 0.663. The van der Waals surface area contributed by atoms with Crippen LogP contribution in [0.1, 0.15) is 49.5 Å². The number of nitrogens with one attached hydrogen (secondary N) is 1. The topological polar surface area (TPSA) is 105 Å². The van der Waals surface area contributed by atoms with Gasteiger partial charge >= 0.3 is 0 Å². The Balaban J connectivity index is 1.74. The van der Waals surface area contributed by atoms with Crippen LogP contribution in [-0.2, 0) is 19.6 Å². The third kappa shape index (κ3) is 5.04. The smallest absolute Gasteiger partial charge is 0.223 e. The lowest BCUT2D eigenvalue weighted by Crippen LogP contribution is -2.39. The molecule has 1 aromatic rings. The van der Waals surface area contributed by atoms with Crippen molar-refractivity contribution in [3.8, 4) is 0 Å². The number of ether oxygens (including phenoxy) is 1. The summed E-state index contributed by atoms with van der Waals surface area (Å²) in [7, 11) is 0.292. The van der Waals surface area contributed by atoms with Gasteiger partial charge in [-0.1, -0.05) is 0 Å². The van der Waals surface area contributed by atoms with Gasteiger partial charge < -0.3 is 15.0 Å². The second-order valence-corrected chi connectivity index (χ2v) is 9.85. The number of methoxy groups -OCH3 is 1. The highest BCUT2D eigenvalue weighted by molar-refractivity contribution is 7.89. The summed E-state index contributed by atoms with van der Waals surface area (Å²) in [5, 5.41) is 3.09. The van der Waals surface area contributed by atoms with E-state index in [1.165, 1.54) is 0 Å². The van der Waals surface area contributed by atoms with Crippen molar-refractivity contribution >= 4 is 21.7 Å². The molecule has 2 aliphatic rings. The number of amides is 1. The van der Waals surface area contributed by atoms with E-state index in [4.69, 9.17) is 9.72 Å². The van der Waals surface area contributed by atoms with Crippen LogP contribution in [0.2, 0.25) is 0 Å². The van der Waals surface area contributed by atoms with E-state index in [0.717, 1.165) is 17.3 Å². The Kier molecular flexibility index (Phi) is 7.07. The van der Waals surface area contributed by atoms with E-state index in [9.17, 15) is 13.2 Å². The van der Waals surface area contributed by atoms with Crippen LogP contribution in [0.4, 0.5) is 5.82 Å². The Morgan fingerprint density at radius 2 is 1.97 bits per heavy atom. The minimum absolute atomic E-state index is 0.0359. The van der Waals surface area contributed by atoms with Gasteiger partial charge in [-0.2, -0.15) is 0 Å². The number of likely N-dealkylation sites (tertiary alicyclic amines) is 1. The summed E-state index contributed by atoms with van der Waals surface area (Å²) in [5.74, 6) is 1.87. The predicted molar refractivity (Wildman–Crippen MR) is 110 cm³/mol. The molecular formula is C19H31N5O4S. The van der Waals surface area contributed by atoms with Gasteiger partial charge in [0.2, 0.25) is 15.9 Å². The van der Waals surface area contributed by atoms with Crippen molar-refractivity contribution in [3.63, 3.8) is 0 Å². The first-order chi connectivity index (χ1) is 13.9. The summed E-state index contributed by atoms with van der Waals surface area (Å²) >= 11 is 0. The van der Waals surface area contributed by atoms with Gasteiger partial charge in [0.05, 0.1) is 18.1 Å². The Morgan fingerprint density at radius 1 is 1.24 bits per heavy atom. The number of hydrogen-bond donors (Lipinski definition) is 1. The Hall–Kier alpha value is -1.78. The van der Waals surface area contributed by atoms with Crippen LogP contribution < -0.4 is 5.32 Å². The zero-order valence-electron chi connectivity index (χ0n) is 17.4. The molecule has 9 nitrogen and oxygen atoms in total. The molecule has 2 fully saturated rings. The molecule has 0 aliphatic carbocycles. The molecule has 3 heterocycles. The van der Waals surface area contributed by atoms with Gasteiger partial charge in [-0.3, -0.25) is 4.79 Å². The molecule has 2 saturated heterocycles. The van der Waals surface area contributed by atoms with Crippen LogP contribution in [0.15, 0.2) is 6.07 Å². The molecule has 0 spiro atoms. The third-order valence-electron chi connectivity index (χ3n) is 5.79. The molecule has 1 aromatic heterocycles. The Bertz CT molecular complexity index is 824. The van der Waals surface area contributed by atoms with Crippen LogP contribution >= 0.6 is 0 Å². The first-order valence-corrected chi connectivity index (χ1v) is 11.8. The SMILES string of the molecule is CCS(=O)(=O)N1CCC(c2nc(NC)cc([C@@H]3CC(=O)N(CCOC)C3)n2)CC1. The van der Waals surface area contributed by atoms with E-state index in [0.29, 0.717) is 52.0 Å². The van der Waals surface area contributed by atoms with Crippen molar-refractivity contribution < 1.29 is 17.9 Å². The first kappa shape index (κ1) is 21.9. The number of nitrogens with zero attached hydrogens (tertiary/aromatic N) is 4. The first-order valence-electron chi connectivity index (χ1n) is 10.2. The molecule has 3 rings (SSSR count). The maximum atomic E-state index is 12.3. The second-order valence-electron chi connectivity index (χ2n) is 7.59. The van der Waals surface area contributed by atoms with E-state index in [2.05, 4.69) is 10.3 Å². The number of carbonyl (C=O) groups excluding carboxylic acids is 1. The maximum Gasteiger partial charge on any atom is 0.223 e. The number of carbonyl (C=O) groups is 1. The van der Waals surface area contributed by atoms with Gasteiger partial charge in [0.15, 0.2) is 0 Å². The van der Waals surface area contributed by atoms with Crippen LogP contribution in [0, 0.1) is 0 Å². The van der Waals surface area contributed by atoms with Gasteiger partial charge in [-0.05, 0) is 19.8 Å². The zero-order chi connectivity index (χ0) is 21.0. The number of rotatable bonds is 8. The average molecular weight is 426 g/mol. The minimum atomic E-state index is -3.15. The lowest BCUT2D eigenvalue weighted by atomic mass is 9.96. The van der Waals surface area contributed by atoms with E-state index >= 15 is 0 Å². The highest BCUT2D eigenvalue weighted by Crippen LogP contribution is 2.32. The molecule has 0 radical (unpaired) electrons. The fraction of sp³-hybridized carbons (Fsp3) is 0.737. The average Bonchev–Trinajstić information content (AvgIpc) is 3.12. The highest BCUT2D eigenvalue weighted by Gasteiger charge is 2.33. The predicted octanol–water partition coefficient (Wildman–Crippen LogP) is 1.01. The molecule has 0 aromatic carbocycles. The summed E-state index contributed by atoms with van der Waals surface area (Å²) in [6.45, 7) is 4.41. The summed E-state index contributed by atoms with van der Waals surface area (Å²) in [6.07, 6.45) is 1.85. The molecule has 162 valence electrons. The molecule has 0 saturated carbocycles. The van der Waals surface area contributed by atoms with Crippen molar-refractivity contribution in [1.82, 2.24) is 19.2 Å². The normalized spacial score (nSPS) is 21.7. The van der Waals surface area contributed by atoms with Crippen molar-refractivity contribution in [3.05, 3.63) is 17.6 Å². The van der Waals surface area contributed by atoms with Crippen molar-refractivity contribution in [1.29, 1.82) is 0 Å². The van der Waals surface area contributed by atoms with Gasteiger partial charge in [0.25, 0.3) is 0 Å². The van der Waals surface area contributed by atoms with Gasteiger partial charge in [0, 0.05) is 64.7 Å². The monoisotopic (exact) mass is 425 g/mol. The molecule has 0 unspecified atom stereocenters. The van der Waals surface area contributed by atoms with E-state index < -0.39 is 10.0 Å². The summed E-state index contributed by atoms with van der Waals surface area (Å²) in [6, 6.07) is 1.91. The largest absolute Gasteiger partial charge is 0.383 e. The number of sulfonamides is 1. The second kappa shape index (κ2) is 9.36. The van der Waals surface area contributed by atoms with Crippen molar-refractivity contribution in [2.75, 3.05) is 58.0 Å². The highest BCUT2D eigenvalue weighted by atomic mass is 32.2. The van der Waals surface area contributed by atoms with E-state index in [1.807, 2.05) is 18.0 Å².